The summed E-state index contributed by atoms with van der Waals surface area (Å²) < 4.78 is 32.5. The van der Waals surface area contributed by atoms with Gasteiger partial charge in [0.25, 0.3) is 0 Å². The highest BCUT2D eigenvalue weighted by atomic mass is 16.8. The lowest BCUT2D eigenvalue weighted by molar-refractivity contribution is -0.256. The average Bonchev–Trinajstić information content (AvgIpc) is 3.35. The molecule has 1 saturated heterocycles. The van der Waals surface area contributed by atoms with Gasteiger partial charge in [0.2, 0.25) is 12.1 Å². The lowest BCUT2D eigenvalue weighted by Crippen LogP contribution is -2.70. The number of aliphatic hydroxyl groups is 2. The molecule has 356 valence electrons. The fourth-order valence-corrected chi connectivity index (χ4v) is 10.7. The van der Waals surface area contributed by atoms with Crippen LogP contribution in [0.4, 0.5) is 9.59 Å². The SMILES string of the molecule is C=CCOC12Oc3ccc(OC(=O)NCc4ccccc4)cc3C3C(CCCCO)C(CCCCO)C=C(C(=NOC4CCCCO4)CC1N(Cc1cccc4ccccc14)C(=O)OCC)C32. The number of carbonyl (C=O) groups excluding carboxylic acids is 2. The highest BCUT2D eigenvalue weighted by Gasteiger charge is 2.66. The predicted molar refractivity (Wildman–Crippen MR) is 255 cm³/mol. The van der Waals surface area contributed by atoms with Gasteiger partial charge in [-0.15, -0.1) is 6.58 Å². The molecule has 0 spiro atoms. The molecule has 0 aromatic heterocycles. The van der Waals surface area contributed by atoms with Crippen LogP contribution >= 0.6 is 0 Å². The van der Waals surface area contributed by atoms with Crippen LogP contribution in [0.25, 0.3) is 10.8 Å². The maximum absolute atomic E-state index is 14.8. The Bertz CT molecular complexity index is 2360. The van der Waals surface area contributed by atoms with E-state index in [0.717, 1.165) is 71.6 Å². The molecule has 4 aliphatic rings. The van der Waals surface area contributed by atoms with Crippen molar-refractivity contribution in [1.29, 1.82) is 0 Å². The molecule has 2 aliphatic carbocycles. The Balaban J connectivity index is 1.31. The van der Waals surface area contributed by atoms with Gasteiger partial charge in [-0.3, -0.25) is 4.90 Å². The zero-order chi connectivity index (χ0) is 46.6. The summed E-state index contributed by atoms with van der Waals surface area (Å²) in [6.45, 7) is 7.29. The van der Waals surface area contributed by atoms with Crippen molar-refractivity contribution in [3.8, 4) is 11.5 Å². The van der Waals surface area contributed by atoms with Crippen molar-refractivity contribution in [2.24, 2.45) is 22.9 Å². The van der Waals surface area contributed by atoms with Crippen LogP contribution < -0.4 is 14.8 Å². The Morgan fingerprint density at radius 3 is 2.52 bits per heavy atom. The second kappa shape index (κ2) is 22.8. The topological polar surface area (TPSA) is 158 Å². The van der Waals surface area contributed by atoms with Gasteiger partial charge in [-0.2, -0.15) is 0 Å². The van der Waals surface area contributed by atoms with E-state index in [0.29, 0.717) is 49.6 Å². The minimum atomic E-state index is -1.52. The van der Waals surface area contributed by atoms with Crippen LogP contribution in [0.2, 0.25) is 0 Å². The number of ether oxygens (including phenoxy) is 5. The lowest BCUT2D eigenvalue weighted by Gasteiger charge is -2.60. The first-order chi connectivity index (χ1) is 32.9. The lowest BCUT2D eigenvalue weighted by atomic mass is 9.55. The summed E-state index contributed by atoms with van der Waals surface area (Å²) in [6.07, 6.45) is 9.47. The van der Waals surface area contributed by atoms with Gasteiger partial charge in [-0.1, -0.05) is 103 Å². The van der Waals surface area contributed by atoms with E-state index in [9.17, 15) is 19.8 Å². The molecule has 8 rings (SSSR count). The molecule has 67 heavy (non-hydrogen) atoms. The van der Waals surface area contributed by atoms with E-state index < -0.39 is 36.2 Å². The number of allylic oxidation sites excluding steroid dienone is 1. The zero-order valence-electron chi connectivity index (χ0n) is 38.6. The molecular weight excluding hydrogens is 851 g/mol. The number of oxime groups is 1. The van der Waals surface area contributed by atoms with E-state index in [1.807, 2.05) is 66.7 Å². The minimum Gasteiger partial charge on any atom is -0.459 e. The second-order valence-corrected chi connectivity index (χ2v) is 17.9. The van der Waals surface area contributed by atoms with Crippen LogP contribution in [0.3, 0.4) is 0 Å². The number of amides is 2. The third-order valence-corrected chi connectivity index (χ3v) is 13.7. The van der Waals surface area contributed by atoms with Gasteiger partial charge in [0.15, 0.2) is 0 Å². The van der Waals surface area contributed by atoms with Crippen LogP contribution in [-0.2, 0) is 32.1 Å². The highest BCUT2D eigenvalue weighted by Crippen LogP contribution is 2.62. The van der Waals surface area contributed by atoms with Crippen molar-refractivity contribution < 1.29 is 48.3 Å². The highest BCUT2D eigenvalue weighted by molar-refractivity contribution is 6.03. The number of aliphatic hydroxyl groups excluding tert-OH is 2. The Kier molecular flexibility index (Phi) is 16.3. The summed E-state index contributed by atoms with van der Waals surface area (Å²) in [5, 5.41) is 29.9. The van der Waals surface area contributed by atoms with E-state index in [-0.39, 0.29) is 57.1 Å². The molecule has 0 radical (unpaired) electrons. The molecule has 7 unspecified atom stereocenters. The van der Waals surface area contributed by atoms with E-state index in [2.05, 4.69) is 36.2 Å². The Morgan fingerprint density at radius 1 is 0.955 bits per heavy atom. The first-order valence-corrected chi connectivity index (χ1v) is 24.1. The summed E-state index contributed by atoms with van der Waals surface area (Å²) in [4.78, 5) is 36.2. The van der Waals surface area contributed by atoms with Crippen molar-refractivity contribution in [2.75, 3.05) is 33.0 Å². The van der Waals surface area contributed by atoms with Gasteiger partial charge < -0.3 is 44.1 Å². The molecule has 2 aliphatic heterocycles. The molecule has 2 fully saturated rings. The van der Waals surface area contributed by atoms with Gasteiger partial charge >= 0.3 is 12.2 Å². The number of hydrogen-bond donors (Lipinski definition) is 3. The third kappa shape index (κ3) is 10.9. The molecule has 13 heteroatoms. The van der Waals surface area contributed by atoms with Crippen LogP contribution in [0.1, 0.15) is 93.7 Å². The number of fused-ring (bicyclic) bond motifs is 3. The average molecular weight is 916 g/mol. The maximum atomic E-state index is 14.8. The van der Waals surface area contributed by atoms with Crippen LogP contribution in [0, 0.1) is 17.8 Å². The molecular formula is C54H65N3O10. The van der Waals surface area contributed by atoms with Crippen molar-refractivity contribution >= 4 is 28.7 Å². The molecule has 0 bridgehead atoms. The van der Waals surface area contributed by atoms with E-state index in [1.54, 1.807) is 24.0 Å². The Hall–Kier alpha value is -5.73. The number of rotatable bonds is 20. The second-order valence-electron chi connectivity index (χ2n) is 17.9. The normalized spacial score (nSPS) is 24.6. The van der Waals surface area contributed by atoms with Crippen LogP contribution in [0.5, 0.6) is 11.5 Å². The van der Waals surface area contributed by atoms with Gasteiger partial charge in [0.05, 0.1) is 38.0 Å². The minimum absolute atomic E-state index is 0.00724. The molecule has 7 atom stereocenters. The molecule has 1 saturated carbocycles. The summed E-state index contributed by atoms with van der Waals surface area (Å²) in [6, 6.07) is 28.5. The third-order valence-electron chi connectivity index (χ3n) is 13.7. The van der Waals surface area contributed by atoms with Crippen LogP contribution in [-0.4, -0.2) is 84.2 Å². The number of nitrogens with zero attached hydrogens (tertiary/aromatic N) is 2. The van der Waals surface area contributed by atoms with Gasteiger partial charge in [-0.25, -0.2) is 9.59 Å². The predicted octanol–water partition coefficient (Wildman–Crippen LogP) is 9.95. The molecule has 2 amide bonds. The fourth-order valence-electron chi connectivity index (χ4n) is 10.7. The molecule has 4 aromatic rings. The molecule has 13 nitrogen and oxygen atoms in total. The first kappa shape index (κ1) is 47.8. The van der Waals surface area contributed by atoms with Crippen LogP contribution in [0.15, 0.2) is 120 Å². The van der Waals surface area contributed by atoms with Gasteiger partial charge in [-0.05, 0) is 103 Å². The van der Waals surface area contributed by atoms with E-state index in [4.69, 9.17) is 33.7 Å². The zero-order valence-corrected chi connectivity index (χ0v) is 38.6. The number of hydrogen-bond acceptors (Lipinski definition) is 11. The summed E-state index contributed by atoms with van der Waals surface area (Å²) in [5.41, 5.74) is 4.23. The Labute approximate surface area is 393 Å². The monoisotopic (exact) mass is 915 g/mol. The smallest absolute Gasteiger partial charge is 0.412 e. The van der Waals surface area contributed by atoms with Crippen molar-refractivity contribution in [1.82, 2.24) is 10.2 Å². The maximum Gasteiger partial charge on any atom is 0.412 e. The first-order valence-electron chi connectivity index (χ1n) is 24.1. The van der Waals surface area contributed by atoms with E-state index in [1.165, 1.54) is 0 Å². The summed E-state index contributed by atoms with van der Waals surface area (Å²) in [7, 11) is 0. The van der Waals surface area contributed by atoms with Crippen molar-refractivity contribution in [3.63, 3.8) is 0 Å². The molecule has 4 aromatic carbocycles. The Morgan fingerprint density at radius 2 is 1.75 bits per heavy atom. The quantitative estimate of drug-likeness (QED) is 0.0443. The van der Waals surface area contributed by atoms with Crippen molar-refractivity contribution in [3.05, 3.63) is 132 Å². The van der Waals surface area contributed by atoms with Gasteiger partial charge in [0, 0.05) is 44.1 Å². The summed E-state index contributed by atoms with van der Waals surface area (Å²) >= 11 is 0. The van der Waals surface area contributed by atoms with Gasteiger partial charge in [0.1, 0.15) is 17.5 Å². The number of carbonyl (C=O) groups is 2. The standard InChI is InChI=1S/C54H65N3O10/c1-3-30-64-54-48(57(53(61)62-4-2)36-40-22-16-21-38-19-8-9-23-42(38)40)34-46(56-67-49-25-12-15-31-63-49)44-32-39(20-10-13-28-58)43(24-11-14-29-59)50(51(44)54)45-33-41(26-27-47(45)66-54)65-52(60)55-35-37-17-6-5-7-18-37/h3,5-9,16-19,21-23,26-27,32-33,39,43,48-51,58-59H,1,4,10-15,20,24-25,28-31,34-36H2,2H3,(H,55,60). The largest absolute Gasteiger partial charge is 0.459 e. The van der Waals surface area contributed by atoms with Crippen molar-refractivity contribution in [2.45, 2.75) is 108 Å². The molecule has 3 N–H and O–H groups in total. The number of benzene rings is 4. The number of nitrogens with one attached hydrogen (secondary N) is 1. The number of unbranched alkanes of at least 4 members (excludes halogenated alkanes) is 2. The summed E-state index contributed by atoms with van der Waals surface area (Å²) in [5.74, 6) is -1.57. The fraction of sp³-hybridized carbons (Fsp3) is 0.463. The van der Waals surface area contributed by atoms with E-state index >= 15 is 0 Å². The molecule has 2 heterocycles.